The van der Waals surface area contributed by atoms with Crippen molar-refractivity contribution in [2.45, 2.75) is 26.1 Å². The van der Waals surface area contributed by atoms with E-state index in [-0.39, 0.29) is 18.1 Å². The highest BCUT2D eigenvalue weighted by Gasteiger charge is 2.20. The largest absolute Gasteiger partial charge is 0.474 e. The van der Waals surface area contributed by atoms with E-state index in [2.05, 4.69) is 12.6 Å². The molecular weight excluding hydrogens is 202 g/mol. The van der Waals surface area contributed by atoms with Gasteiger partial charge >= 0.3 is 0 Å². The maximum Gasteiger partial charge on any atom is 0.177 e. The van der Waals surface area contributed by atoms with Crippen LogP contribution >= 0.6 is 0 Å². The molecule has 1 aromatic carbocycles. The summed E-state index contributed by atoms with van der Waals surface area (Å²) in [5.41, 5.74) is 7.69. The van der Waals surface area contributed by atoms with E-state index in [1.165, 1.54) is 5.56 Å². The molecular formula is C13H19NO2. The molecule has 0 aliphatic rings. The molecule has 0 aliphatic carbocycles. The summed E-state index contributed by atoms with van der Waals surface area (Å²) in [6, 6.07) is 8.14. The lowest BCUT2D eigenvalue weighted by Gasteiger charge is -2.24. The standard InChI is InChI=1S/C13H19NO2/c1-9-6-5-7-12(8-9)13(15-4)10(2)16-11(3)14/h5-8,10,13H,3,14H2,1-2,4H3/t10-,13+/m1/s1. The van der Waals surface area contributed by atoms with Crippen LogP contribution in [-0.2, 0) is 9.47 Å². The second-order valence-corrected chi connectivity index (χ2v) is 3.86. The van der Waals surface area contributed by atoms with Crippen LogP contribution in [0.15, 0.2) is 36.7 Å². The molecule has 0 amide bonds. The van der Waals surface area contributed by atoms with Gasteiger partial charge in [-0.2, -0.15) is 0 Å². The Morgan fingerprint density at radius 3 is 2.62 bits per heavy atom. The molecule has 16 heavy (non-hydrogen) atoms. The summed E-state index contributed by atoms with van der Waals surface area (Å²) in [5.74, 6) is 0.210. The van der Waals surface area contributed by atoms with E-state index in [4.69, 9.17) is 15.2 Å². The van der Waals surface area contributed by atoms with Gasteiger partial charge in [-0.1, -0.05) is 29.8 Å². The molecule has 0 unspecified atom stereocenters. The molecule has 0 aliphatic heterocycles. The molecule has 1 aromatic rings. The molecule has 0 saturated heterocycles. The van der Waals surface area contributed by atoms with Gasteiger partial charge in [-0.05, 0) is 26.0 Å². The number of nitrogens with two attached hydrogens (primary N) is 1. The van der Waals surface area contributed by atoms with Crippen molar-refractivity contribution in [1.29, 1.82) is 0 Å². The molecule has 3 nitrogen and oxygen atoms in total. The summed E-state index contributed by atoms with van der Waals surface area (Å²) in [6.45, 7) is 7.48. The summed E-state index contributed by atoms with van der Waals surface area (Å²) in [4.78, 5) is 0. The molecule has 2 N–H and O–H groups in total. The molecule has 2 atom stereocenters. The van der Waals surface area contributed by atoms with Crippen molar-refractivity contribution in [1.82, 2.24) is 0 Å². The molecule has 0 fully saturated rings. The SMILES string of the molecule is C=C(N)O[C@H](C)[C@H](OC)c1cccc(C)c1. The highest BCUT2D eigenvalue weighted by Crippen LogP contribution is 2.24. The third kappa shape index (κ3) is 3.28. The van der Waals surface area contributed by atoms with E-state index in [0.29, 0.717) is 0 Å². The maximum atomic E-state index is 5.43. The third-order valence-corrected chi connectivity index (χ3v) is 2.39. The second kappa shape index (κ2) is 5.56. The maximum absolute atomic E-state index is 5.43. The summed E-state index contributed by atoms with van der Waals surface area (Å²) < 4.78 is 10.8. The first-order valence-electron chi connectivity index (χ1n) is 5.25. The first kappa shape index (κ1) is 12.6. The van der Waals surface area contributed by atoms with E-state index in [9.17, 15) is 0 Å². The number of aryl methyl sites for hydroxylation is 1. The average molecular weight is 221 g/mol. The van der Waals surface area contributed by atoms with Crippen molar-refractivity contribution in [2.75, 3.05) is 7.11 Å². The van der Waals surface area contributed by atoms with Crippen molar-refractivity contribution in [3.8, 4) is 0 Å². The lowest BCUT2D eigenvalue weighted by Crippen LogP contribution is -2.22. The predicted octanol–water partition coefficient (Wildman–Crippen LogP) is 2.52. The monoisotopic (exact) mass is 221 g/mol. The van der Waals surface area contributed by atoms with E-state index >= 15 is 0 Å². The van der Waals surface area contributed by atoms with Crippen LogP contribution < -0.4 is 5.73 Å². The van der Waals surface area contributed by atoms with Crippen molar-refractivity contribution < 1.29 is 9.47 Å². The second-order valence-electron chi connectivity index (χ2n) is 3.86. The first-order valence-corrected chi connectivity index (χ1v) is 5.25. The predicted molar refractivity (Wildman–Crippen MR) is 64.8 cm³/mol. The summed E-state index contributed by atoms with van der Waals surface area (Å²) in [6.07, 6.45) is -0.301. The number of methoxy groups -OCH3 is 1. The van der Waals surface area contributed by atoms with Gasteiger partial charge in [0.05, 0.1) is 0 Å². The Labute approximate surface area is 96.9 Å². The Morgan fingerprint density at radius 2 is 2.12 bits per heavy atom. The van der Waals surface area contributed by atoms with Crippen LogP contribution in [0.25, 0.3) is 0 Å². The van der Waals surface area contributed by atoms with Gasteiger partial charge in [0.25, 0.3) is 0 Å². The normalized spacial score (nSPS) is 14.2. The lowest BCUT2D eigenvalue weighted by molar-refractivity contribution is -0.0218. The van der Waals surface area contributed by atoms with E-state index in [0.717, 1.165) is 5.56 Å². The van der Waals surface area contributed by atoms with E-state index < -0.39 is 0 Å². The first-order chi connectivity index (χ1) is 7.54. The smallest absolute Gasteiger partial charge is 0.177 e. The Morgan fingerprint density at radius 1 is 1.44 bits per heavy atom. The van der Waals surface area contributed by atoms with Gasteiger partial charge in [0, 0.05) is 7.11 Å². The van der Waals surface area contributed by atoms with Crippen LogP contribution in [0.5, 0.6) is 0 Å². The minimum absolute atomic E-state index is 0.139. The van der Waals surface area contributed by atoms with Crippen molar-refractivity contribution >= 4 is 0 Å². The van der Waals surface area contributed by atoms with Gasteiger partial charge in [-0.25, -0.2) is 0 Å². The highest BCUT2D eigenvalue weighted by atomic mass is 16.5. The summed E-state index contributed by atoms with van der Waals surface area (Å²) in [7, 11) is 1.66. The third-order valence-electron chi connectivity index (χ3n) is 2.39. The number of rotatable bonds is 5. The Bertz CT molecular complexity index is 363. The van der Waals surface area contributed by atoms with Crippen LogP contribution in [0.1, 0.15) is 24.2 Å². The zero-order chi connectivity index (χ0) is 12.1. The van der Waals surface area contributed by atoms with Gasteiger partial charge in [-0.3, -0.25) is 0 Å². The zero-order valence-electron chi connectivity index (χ0n) is 10.1. The Kier molecular flexibility index (Phi) is 4.38. The molecule has 88 valence electrons. The lowest BCUT2D eigenvalue weighted by atomic mass is 10.0. The highest BCUT2D eigenvalue weighted by molar-refractivity contribution is 5.25. The van der Waals surface area contributed by atoms with Crippen LogP contribution in [0.4, 0.5) is 0 Å². The molecule has 3 heteroatoms. The Hall–Kier alpha value is -1.48. The van der Waals surface area contributed by atoms with Crippen molar-refractivity contribution in [3.05, 3.63) is 47.9 Å². The number of hydrogen-bond acceptors (Lipinski definition) is 3. The van der Waals surface area contributed by atoms with E-state index in [1.807, 2.05) is 32.0 Å². The van der Waals surface area contributed by atoms with Crippen LogP contribution in [0, 0.1) is 6.92 Å². The summed E-state index contributed by atoms with van der Waals surface area (Å²) in [5, 5.41) is 0. The quantitative estimate of drug-likeness (QED) is 0.777. The molecule has 0 spiro atoms. The van der Waals surface area contributed by atoms with Crippen LogP contribution in [-0.4, -0.2) is 13.2 Å². The van der Waals surface area contributed by atoms with Crippen molar-refractivity contribution in [2.24, 2.45) is 5.73 Å². The van der Waals surface area contributed by atoms with Gasteiger partial charge < -0.3 is 15.2 Å². The van der Waals surface area contributed by atoms with Gasteiger partial charge in [0.1, 0.15) is 12.2 Å². The number of benzene rings is 1. The molecule has 1 rings (SSSR count). The van der Waals surface area contributed by atoms with Gasteiger partial charge in [0.15, 0.2) is 5.88 Å². The minimum atomic E-state index is -0.163. The van der Waals surface area contributed by atoms with Gasteiger partial charge in [-0.15, -0.1) is 0 Å². The summed E-state index contributed by atoms with van der Waals surface area (Å²) >= 11 is 0. The molecule has 0 saturated carbocycles. The average Bonchev–Trinajstić information content (AvgIpc) is 2.17. The molecule has 0 aromatic heterocycles. The van der Waals surface area contributed by atoms with E-state index in [1.54, 1.807) is 7.11 Å². The Balaban J connectivity index is 2.85. The topological polar surface area (TPSA) is 44.5 Å². The van der Waals surface area contributed by atoms with Crippen LogP contribution in [0.2, 0.25) is 0 Å². The molecule has 0 bridgehead atoms. The minimum Gasteiger partial charge on any atom is -0.474 e. The molecule has 0 radical (unpaired) electrons. The van der Waals surface area contributed by atoms with Gasteiger partial charge in [0.2, 0.25) is 0 Å². The fraction of sp³-hybridized carbons (Fsp3) is 0.385. The zero-order valence-corrected chi connectivity index (χ0v) is 10.1. The van der Waals surface area contributed by atoms with Crippen molar-refractivity contribution in [3.63, 3.8) is 0 Å². The number of ether oxygens (including phenoxy) is 2. The fourth-order valence-corrected chi connectivity index (χ4v) is 1.75. The van der Waals surface area contributed by atoms with Crippen LogP contribution in [0.3, 0.4) is 0 Å². The number of hydrogen-bond donors (Lipinski definition) is 1. The molecule has 0 heterocycles. The fourth-order valence-electron chi connectivity index (χ4n) is 1.75.